The van der Waals surface area contributed by atoms with E-state index in [1.165, 1.54) is 0 Å². The van der Waals surface area contributed by atoms with Crippen LogP contribution in [0.1, 0.15) is 11.1 Å². The van der Waals surface area contributed by atoms with Crippen LogP contribution in [0.4, 0.5) is 0 Å². The fraction of sp³-hybridized carbons (Fsp3) is 0.214. The first kappa shape index (κ1) is 12.4. The maximum Gasteiger partial charge on any atom is 0.161 e. The van der Waals surface area contributed by atoms with Gasteiger partial charge in [0.2, 0.25) is 0 Å². The molecule has 0 fully saturated rings. The van der Waals surface area contributed by atoms with Crippen molar-refractivity contribution >= 4 is 0 Å². The standard InChI is InChI=1S/C14H16N2O2/c1-17-14-8-12(9-15)2-3-13(14)18-10-11-4-6-16-7-5-11/h2-8H,9-10,15H2,1H3. The second kappa shape index (κ2) is 6.02. The highest BCUT2D eigenvalue weighted by Crippen LogP contribution is 2.28. The summed E-state index contributed by atoms with van der Waals surface area (Å²) in [6.07, 6.45) is 3.49. The number of benzene rings is 1. The van der Waals surface area contributed by atoms with Gasteiger partial charge in [0.25, 0.3) is 0 Å². The minimum Gasteiger partial charge on any atom is -0.493 e. The minimum atomic E-state index is 0.487. The van der Waals surface area contributed by atoms with Crippen LogP contribution in [0, 0.1) is 0 Å². The van der Waals surface area contributed by atoms with Gasteiger partial charge in [-0.15, -0.1) is 0 Å². The van der Waals surface area contributed by atoms with Gasteiger partial charge in [0, 0.05) is 18.9 Å². The van der Waals surface area contributed by atoms with Gasteiger partial charge in [-0.05, 0) is 35.4 Å². The lowest BCUT2D eigenvalue weighted by Gasteiger charge is -2.11. The average molecular weight is 244 g/mol. The molecule has 0 spiro atoms. The van der Waals surface area contributed by atoms with Crippen LogP contribution < -0.4 is 15.2 Å². The molecule has 0 saturated carbocycles. The van der Waals surface area contributed by atoms with Crippen LogP contribution in [-0.4, -0.2) is 12.1 Å². The zero-order chi connectivity index (χ0) is 12.8. The molecular weight excluding hydrogens is 228 g/mol. The Labute approximate surface area is 106 Å². The van der Waals surface area contributed by atoms with Crippen LogP contribution in [0.3, 0.4) is 0 Å². The SMILES string of the molecule is COc1cc(CN)ccc1OCc1ccncc1. The Hall–Kier alpha value is -2.07. The first-order valence-corrected chi connectivity index (χ1v) is 5.72. The van der Waals surface area contributed by atoms with Crippen molar-refractivity contribution in [1.29, 1.82) is 0 Å². The molecule has 0 atom stereocenters. The van der Waals surface area contributed by atoms with Crippen molar-refractivity contribution in [2.24, 2.45) is 5.73 Å². The summed E-state index contributed by atoms with van der Waals surface area (Å²) in [6, 6.07) is 9.54. The fourth-order valence-electron chi connectivity index (χ4n) is 1.60. The van der Waals surface area contributed by atoms with Crippen molar-refractivity contribution in [3.8, 4) is 11.5 Å². The van der Waals surface area contributed by atoms with Crippen LogP contribution in [0.5, 0.6) is 11.5 Å². The molecule has 2 aromatic rings. The summed E-state index contributed by atoms with van der Waals surface area (Å²) < 4.78 is 11.0. The third-order valence-corrected chi connectivity index (χ3v) is 2.61. The molecule has 4 heteroatoms. The van der Waals surface area contributed by atoms with E-state index < -0.39 is 0 Å². The minimum absolute atomic E-state index is 0.487. The molecule has 0 aliphatic carbocycles. The molecule has 1 aromatic carbocycles. The predicted octanol–water partition coefficient (Wildman–Crippen LogP) is 2.13. The highest BCUT2D eigenvalue weighted by Gasteiger charge is 2.05. The van der Waals surface area contributed by atoms with Gasteiger partial charge in [-0.3, -0.25) is 4.98 Å². The van der Waals surface area contributed by atoms with Crippen molar-refractivity contribution in [1.82, 2.24) is 4.98 Å². The first-order valence-electron chi connectivity index (χ1n) is 5.72. The van der Waals surface area contributed by atoms with Crippen LogP contribution in [-0.2, 0) is 13.2 Å². The van der Waals surface area contributed by atoms with Gasteiger partial charge < -0.3 is 15.2 Å². The number of ether oxygens (including phenoxy) is 2. The Morgan fingerprint density at radius 3 is 2.50 bits per heavy atom. The van der Waals surface area contributed by atoms with Crippen molar-refractivity contribution < 1.29 is 9.47 Å². The van der Waals surface area contributed by atoms with E-state index in [0.29, 0.717) is 24.7 Å². The molecule has 0 aliphatic rings. The Morgan fingerprint density at radius 1 is 1.06 bits per heavy atom. The van der Waals surface area contributed by atoms with E-state index in [1.54, 1.807) is 19.5 Å². The molecular formula is C14H16N2O2. The molecule has 4 nitrogen and oxygen atoms in total. The van der Waals surface area contributed by atoms with Crippen molar-refractivity contribution in [2.45, 2.75) is 13.2 Å². The van der Waals surface area contributed by atoms with Crippen LogP contribution >= 0.6 is 0 Å². The molecule has 0 amide bonds. The molecule has 94 valence electrons. The number of nitrogens with two attached hydrogens (primary N) is 1. The maximum atomic E-state index is 5.72. The Bertz CT molecular complexity index is 500. The second-order valence-electron chi connectivity index (χ2n) is 3.83. The molecule has 1 heterocycles. The molecule has 0 radical (unpaired) electrons. The largest absolute Gasteiger partial charge is 0.493 e. The first-order chi connectivity index (χ1) is 8.83. The van der Waals surface area contributed by atoms with E-state index in [0.717, 1.165) is 11.1 Å². The van der Waals surface area contributed by atoms with Gasteiger partial charge in [0.05, 0.1) is 7.11 Å². The summed E-state index contributed by atoms with van der Waals surface area (Å²) in [6.45, 7) is 0.974. The number of nitrogens with zero attached hydrogens (tertiary/aromatic N) is 1. The van der Waals surface area contributed by atoms with Crippen LogP contribution in [0.15, 0.2) is 42.7 Å². The monoisotopic (exact) mass is 244 g/mol. The highest BCUT2D eigenvalue weighted by molar-refractivity contribution is 5.43. The molecule has 2 rings (SSSR count). The normalized spacial score (nSPS) is 10.1. The van der Waals surface area contributed by atoms with E-state index in [2.05, 4.69) is 4.98 Å². The number of methoxy groups -OCH3 is 1. The van der Waals surface area contributed by atoms with Gasteiger partial charge in [-0.25, -0.2) is 0 Å². The molecule has 0 unspecified atom stereocenters. The van der Waals surface area contributed by atoms with E-state index in [9.17, 15) is 0 Å². The van der Waals surface area contributed by atoms with Gasteiger partial charge in [0.15, 0.2) is 11.5 Å². The third-order valence-electron chi connectivity index (χ3n) is 2.61. The summed E-state index contributed by atoms with van der Waals surface area (Å²) in [4.78, 5) is 3.96. The Morgan fingerprint density at radius 2 is 1.83 bits per heavy atom. The second-order valence-corrected chi connectivity index (χ2v) is 3.83. The molecule has 1 aromatic heterocycles. The lowest BCUT2D eigenvalue weighted by Crippen LogP contribution is -2.00. The molecule has 2 N–H and O–H groups in total. The van der Waals surface area contributed by atoms with E-state index in [-0.39, 0.29) is 0 Å². The lowest BCUT2D eigenvalue weighted by atomic mass is 10.2. The number of hydrogen-bond donors (Lipinski definition) is 1. The topological polar surface area (TPSA) is 57.4 Å². The van der Waals surface area contributed by atoms with E-state index >= 15 is 0 Å². The summed E-state index contributed by atoms with van der Waals surface area (Å²) in [7, 11) is 1.62. The molecule has 0 saturated heterocycles. The number of rotatable bonds is 5. The fourth-order valence-corrected chi connectivity index (χ4v) is 1.60. The summed E-state index contributed by atoms with van der Waals surface area (Å²) in [5, 5.41) is 0. The molecule has 0 aliphatic heterocycles. The van der Waals surface area contributed by atoms with Gasteiger partial charge in [-0.1, -0.05) is 6.07 Å². The molecule has 0 bridgehead atoms. The van der Waals surface area contributed by atoms with Crippen molar-refractivity contribution in [2.75, 3.05) is 7.11 Å². The van der Waals surface area contributed by atoms with Crippen molar-refractivity contribution in [3.63, 3.8) is 0 Å². The zero-order valence-corrected chi connectivity index (χ0v) is 10.3. The van der Waals surface area contributed by atoms with Gasteiger partial charge in [-0.2, -0.15) is 0 Å². The zero-order valence-electron chi connectivity index (χ0n) is 10.3. The average Bonchev–Trinajstić information content (AvgIpc) is 2.46. The lowest BCUT2D eigenvalue weighted by molar-refractivity contribution is 0.284. The number of hydrogen-bond acceptors (Lipinski definition) is 4. The Balaban J connectivity index is 2.09. The predicted molar refractivity (Wildman–Crippen MR) is 69.5 cm³/mol. The van der Waals surface area contributed by atoms with Gasteiger partial charge in [0.1, 0.15) is 6.61 Å². The van der Waals surface area contributed by atoms with Crippen LogP contribution in [0.2, 0.25) is 0 Å². The number of aromatic nitrogens is 1. The third kappa shape index (κ3) is 2.99. The summed E-state index contributed by atoms with van der Waals surface area (Å²) >= 11 is 0. The number of pyridine rings is 1. The smallest absolute Gasteiger partial charge is 0.161 e. The maximum absolute atomic E-state index is 5.72. The highest BCUT2D eigenvalue weighted by atomic mass is 16.5. The van der Waals surface area contributed by atoms with E-state index in [4.69, 9.17) is 15.2 Å². The van der Waals surface area contributed by atoms with E-state index in [1.807, 2.05) is 30.3 Å². The summed E-state index contributed by atoms with van der Waals surface area (Å²) in [5.74, 6) is 1.42. The van der Waals surface area contributed by atoms with Crippen molar-refractivity contribution in [3.05, 3.63) is 53.9 Å². The molecule has 18 heavy (non-hydrogen) atoms. The summed E-state index contributed by atoms with van der Waals surface area (Å²) in [5.41, 5.74) is 7.67. The van der Waals surface area contributed by atoms with Gasteiger partial charge >= 0.3 is 0 Å². The Kier molecular flexibility index (Phi) is 4.15. The quantitative estimate of drug-likeness (QED) is 0.875. The van der Waals surface area contributed by atoms with Crippen LogP contribution in [0.25, 0.3) is 0 Å².